The van der Waals surface area contributed by atoms with E-state index in [0.29, 0.717) is 36.6 Å². The molecular weight excluding hydrogens is 362 g/mol. The van der Waals surface area contributed by atoms with E-state index >= 15 is 0 Å². The molecule has 2 atom stereocenters. The lowest BCUT2D eigenvalue weighted by Gasteiger charge is -2.36. The van der Waals surface area contributed by atoms with Crippen LogP contribution in [-0.4, -0.2) is 65.6 Å². The average molecular weight is 389 g/mol. The van der Waals surface area contributed by atoms with E-state index in [-0.39, 0.29) is 18.6 Å². The van der Waals surface area contributed by atoms with Gasteiger partial charge in [-0.25, -0.2) is 0 Å². The number of aryl methyl sites for hydroxylation is 1. The molecule has 0 saturated carbocycles. The number of aliphatic hydroxyl groups excluding tert-OH is 1. The molecule has 1 aromatic heterocycles. The fraction of sp³-hybridized carbons (Fsp3) is 0.500. The van der Waals surface area contributed by atoms with Crippen molar-refractivity contribution >= 4 is 5.91 Å². The van der Waals surface area contributed by atoms with Gasteiger partial charge in [0.25, 0.3) is 0 Å². The monoisotopic (exact) mass is 389 g/mol. The summed E-state index contributed by atoms with van der Waals surface area (Å²) in [7, 11) is 3.14. The summed E-state index contributed by atoms with van der Waals surface area (Å²) in [6.45, 7) is 0.849. The minimum atomic E-state index is -0.736. The first-order valence-corrected chi connectivity index (χ1v) is 9.43. The molecule has 0 unspecified atom stereocenters. The number of nitrogens with zero attached hydrogens (tertiary/aromatic N) is 2. The lowest BCUT2D eigenvalue weighted by atomic mass is 10.0. The second kappa shape index (κ2) is 9.45. The molecule has 1 aliphatic rings. The highest BCUT2D eigenvalue weighted by Gasteiger charge is 2.31. The maximum Gasteiger partial charge on any atom is 0.222 e. The summed E-state index contributed by atoms with van der Waals surface area (Å²) in [6.07, 6.45) is 5.10. The highest BCUT2D eigenvalue weighted by Crippen LogP contribution is 2.32. The Labute approximate surface area is 164 Å². The van der Waals surface area contributed by atoms with Gasteiger partial charge in [-0.3, -0.25) is 9.89 Å². The van der Waals surface area contributed by atoms with Crippen LogP contribution in [0.4, 0.5) is 0 Å². The van der Waals surface area contributed by atoms with Crippen molar-refractivity contribution in [3.05, 3.63) is 36.2 Å². The summed E-state index contributed by atoms with van der Waals surface area (Å²) in [5.74, 6) is 1.85. The zero-order chi connectivity index (χ0) is 19.9. The first-order valence-electron chi connectivity index (χ1n) is 9.43. The minimum absolute atomic E-state index is 0.0621. The highest BCUT2D eigenvalue weighted by atomic mass is 16.5. The molecule has 152 valence electrons. The predicted molar refractivity (Wildman–Crippen MR) is 103 cm³/mol. The molecule has 0 radical (unpaired) electrons. The van der Waals surface area contributed by atoms with Crippen molar-refractivity contribution in [2.45, 2.75) is 37.9 Å². The van der Waals surface area contributed by atoms with Gasteiger partial charge in [-0.15, -0.1) is 0 Å². The summed E-state index contributed by atoms with van der Waals surface area (Å²) in [6, 6.07) is 5.28. The maximum absolute atomic E-state index is 12.4. The molecule has 1 aromatic carbocycles. The molecule has 1 fully saturated rings. The number of carbonyl (C=O) groups excluding carboxylic acids is 1. The third-order valence-electron chi connectivity index (χ3n) is 4.93. The molecule has 0 spiro atoms. The molecule has 0 bridgehead atoms. The number of ether oxygens (including phenoxy) is 3. The fourth-order valence-corrected chi connectivity index (χ4v) is 3.35. The molecule has 1 aliphatic heterocycles. The molecule has 2 N–H and O–H groups in total. The van der Waals surface area contributed by atoms with Crippen LogP contribution in [0.5, 0.6) is 17.2 Å². The van der Waals surface area contributed by atoms with Crippen molar-refractivity contribution in [2.24, 2.45) is 0 Å². The van der Waals surface area contributed by atoms with Gasteiger partial charge in [0, 0.05) is 31.6 Å². The van der Waals surface area contributed by atoms with Crippen LogP contribution in [-0.2, 0) is 11.2 Å². The number of H-pyrrole nitrogens is 1. The second-order valence-corrected chi connectivity index (χ2v) is 6.83. The Hall–Kier alpha value is -2.74. The van der Waals surface area contributed by atoms with Gasteiger partial charge in [-0.05, 0) is 30.5 Å². The number of aliphatic hydroxyl groups is 1. The first kappa shape index (κ1) is 20.0. The van der Waals surface area contributed by atoms with Crippen LogP contribution >= 0.6 is 0 Å². The second-order valence-electron chi connectivity index (χ2n) is 6.83. The van der Waals surface area contributed by atoms with Crippen LogP contribution in [0.3, 0.4) is 0 Å². The summed E-state index contributed by atoms with van der Waals surface area (Å²) in [4.78, 5) is 14.1. The van der Waals surface area contributed by atoms with E-state index in [1.807, 2.05) is 6.20 Å². The number of amides is 1. The van der Waals surface area contributed by atoms with Crippen LogP contribution in [0.15, 0.2) is 30.6 Å². The lowest BCUT2D eigenvalue weighted by Crippen LogP contribution is -2.51. The zero-order valence-corrected chi connectivity index (χ0v) is 16.3. The molecule has 2 aromatic rings. The fourth-order valence-electron chi connectivity index (χ4n) is 3.35. The topological polar surface area (TPSA) is 96.9 Å². The molecule has 28 heavy (non-hydrogen) atoms. The largest absolute Gasteiger partial charge is 0.493 e. The van der Waals surface area contributed by atoms with Crippen LogP contribution in [0.2, 0.25) is 0 Å². The Balaban J connectivity index is 1.48. The van der Waals surface area contributed by atoms with Crippen molar-refractivity contribution in [3.8, 4) is 17.2 Å². The Kier molecular flexibility index (Phi) is 6.76. The zero-order valence-electron chi connectivity index (χ0n) is 16.3. The molecule has 3 rings (SSSR count). The summed E-state index contributed by atoms with van der Waals surface area (Å²) >= 11 is 0. The van der Waals surface area contributed by atoms with Crippen LogP contribution < -0.4 is 14.2 Å². The standard InChI is InChI=1S/C20H27N3O5/c1-26-18-7-6-15(10-19(18)27-2)28-17-8-9-23(13-16(17)24)20(25)5-3-4-14-11-21-22-12-14/h6-7,10-12,16-17,24H,3-5,8-9,13H2,1-2H3,(H,21,22)/t16-,17-/m1/s1. The Bertz CT molecular complexity index is 765. The van der Waals surface area contributed by atoms with Crippen molar-refractivity contribution in [3.63, 3.8) is 0 Å². The summed E-state index contributed by atoms with van der Waals surface area (Å²) in [5, 5.41) is 17.1. The summed E-state index contributed by atoms with van der Waals surface area (Å²) in [5.41, 5.74) is 1.09. The number of nitrogens with one attached hydrogen (secondary N) is 1. The maximum atomic E-state index is 12.4. The minimum Gasteiger partial charge on any atom is -0.493 e. The Morgan fingerprint density at radius 3 is 2.82 bits per heavy atom. The van der Waals surface area contributed by atoms with E-state index in [1.54, 1.807) is 43.5 Å². The van der Waals surface area contributed by atoms with Gasteiger partial charge >= 0.3 is 0 Å². The van der Waals surface area contributed by atoms with E-state index < -0.39 is 6.10 Å². The van der Waals surface area contributed by atoms with Gasteiger partial charge in [0.05, 0.1) is 27.0 Å². The Morgan fingerprint density at radius 1 is 1.32 bits per heavy atom. The van der Waals surface area contributed by atoms with Gasteiger partial charge < -0.3 is 24.2 Å². The van der Waals surface area contributed by atoms with Gasteiger partial charge in [0.15, 0.2) is 11.5 Å². The molecule has 1 amide bonds. The molecule has 8 nitrogen and oxygen atoms in total. The lowest BCUT2D eigenvalue weighted by molar-refractivity contribution is -0.137. The molecule has 1 saturated heterocycles. The molecule has 2 heterocycles. The van der Waals surface area contributed by atoms with E-state index in [0.717, 1.165) is 18.4 Å². The third-order valence-corrected chi connectivity index (χ3v) is 4.93. The van der Waals surface area contributed by atoms with Crippen molar-refractivity contribution in [2.75, 3.05) is 27.3 Å². The quantitative estimate of drug-likeness (QED) is 0.715. The number of likely N-dealkylation sites (tertiary alicyclic amines) is 1. The predicted octanol–water partition coefficient (Wildman–Crippen LogP) is 1.79. The molecular formula is C20H27N3O5. The smallest absolute Gasteiger partial charge is 0.222 e. The molecule has 0 aliphatic carbocycles. The van der Waals surface area contributed by atoms with Crippen LogP contribution in [0.25, 0.3) is 0 Å². The van der Waals surface area contributed by atoms with Gasteiger partial charge in [0.1, 0.15) is 18.0 Å². The number of aromatic amines is 1. The number of carbonyl (C=O) groups is 1. The van der Waals surface area contributed by atoms with Crippen LogP contribution in [0.1, 0.15) is 24.8 Å². The average Bonchev–Trinajstić information content (AvgIpc) is 3.22. The van der Waals surface area contributed by atoms with E-state index in [4.69, 9.17) is 14.2 Å². The van der Waals surface area contributed by atoms with Crippen molar-refractivity contribution in [1.82, 2.24) is 15.1 Å². The SMILES string of the molecule is COc1ccc(O[C@@H]2CCN(C(=O)CCCc3cn[nH]c3)C[C@H]2O)cc1OC. The van der Waals surface area contributed by atoms with Crippen molar-refractivity contribution < 1.29 is 24.1 Å². The summed E-state index contributed by atoms with van der Waals surface area (Å²) < 4.78 is 16.4. The van der Waals surface area contributed by atoms with E-state index in [2.05, 4.69) is 10.2 Å². The number of β-amino-alcohol motifs (C(OH)–C–C–N with tert-alkyl or cyclic N) is 1. The number of methoxy groups -OCH3 is 2. The molecule has 8 heteroatoms. The van der Waals surface area contributed by atoms with Gasteiger partial charge in [0.2, 0.25) is 5.91 Å². The normalized spacial score (nSPS) is 19.3. The van der Waals surface area contributed by atoms with Gasteiger partial charge in [-0.2, -0.15) is 5.10 Å². The van der Waals surface area contributed by atoms with Gasteiger partial charge in [-0.1, -0.05) is 0 Å². The third kappa shape index (κ3) is 4.95. The first-order chi connectivity index (χ1) is 13.6. The van der Waals surface area contributed by atoms with Crippen LogP contribution in [0, 0.1) is 0 Å². The number of piperidine rings is 1. The van der Waals surface area contributed by atoms with E-state index in [9.17, 15) is 9.90 Å². The number of rotatable bonds is 8. The Morgan fingerprint density at radius 2 is 2.14 bits per heavy atom. The van der Waals surface area contributed by atoms with E-state index in [1.165, 1.54) is 0 Å². The number of benzene rings is 1. The van der Waals surface area contributed by atoms with Crippen molar-refractivity contribution in [1.29, 1.82) is 0 Å². The number of hydrogen-bond acceptors (Lipinski definition) is 6. The highest BCUT2D eigenvalue weighted by molar-refractivity contribution is 5.76. The number of hydrogen-bond donors (Lipinski definition) is 2. The number of aromatic nitrogens is 2.